The lowest BCUT2D eigenvalue weighted by Crippen LogP contribution is -2.41. The van der Waals surface area contributed by atoms with Gasteiger partial charge in [-0.25, -0.2) is 9.18 Å². The summed E-state index contributed by atoms with van der Waals surface area (Å²) in [4.78, 5) is 14.6. The van der Waals surface area contributed by atoms with Crippen molar-refractivity contribution >= 4 is 22.6 Å². The Morgan fingerprint density at radius 1 is 1.25 bits per heavy atom. The van der Waals surface area contributed by atoms with E-state index < -0.39 is 17.4 Å². The molecule has 3 rings (SSSR count). The summed E-state index contributed by atoms with van der Waals surface area (Å²) in [5.74, 6) is -1.08. The van der Waals surface area contributed by atoms with Crippen molar-refractivity contribution in [2.45, 2.75) is 39.2 Å². The fraction of sp³-hybridized carbons (Fsp3) is 0.444. The van der Waals surface area contributed by atoms with Gasteiger partial charge in [-0.1, -0.05) is 0 Å². The van der Waals surface area contributed by atoms with Gasteiger partial charge in [-0.3, -0.25) is 0 Å². The van der Waals surface area contributed by atoms with E-state index in [4.69, 9.17) is 4.74 Å². The largest absolute Gasteiger partial charge is 0.618 e. The van der Waals surface area contributed by atoms with E-state index in [2.05, 4.69) is 0 Å². The van der Waals surface area contributed by atoms with E-state index in [-0.39, 0.29) is 11.2 Å². The van der Waals surface area contributed by atoms with E-state index in [1.165, 1.54) is 18.2 Å². The average molecular weight is 332 g/mol. The van der Waals surface area contributed by atoms with Crippen molar-refractivity contribution in [2.24, 2.45) is 0 Å². The molecule has 1 aromatic carbocycles. The number of pyridine rings is 1. The number of ether oxygens (including phenoxy) is 1. The second-order valence-electron chi connectivity index (χ2n) is 7.07. The van der Waals surface area contributed by atoms with Gasteiger partial charge in [-0.2, -0.15) is 4.73 Å². The van der Waals surface area contributed by atoms with Crippen molar-refractivity contribution in [3.8, 4) is 0 Å². The van der Waals surface area contributed by atoms with Crippen molar-refractivity contribution in [1.29, 1.82) is 0 Å². The lowest BCUT2D eigenvalue weighted by Gasteiger charge is -2.23. The zero-order valence-corrected chi connectivity index (χ0v) is 14.1. The second kappa shape index (κ2) is 5.92. The van der Waals surface area contributed by atoms with E-state index >= 15 is 0 Å². The lowest BCUT2D eigenvalue weighted by atomic mass is 10.1. The number of benzene rings is 1. The van der Waals surface area contributed by atoms with Gasteiger partial charge in [0.05, 0.1) is 5.39 Å². The number of fused-ring (bicyclic) bond motifs is 1. The van der Waals surface area contributed by atoms with E-state index in [1.807, 2.05) is 4.90 Å². The topological polar surface area (TPSA) is 56.5 Å². The molecule has 0 spiro atoms. The van der Waals surface area contributed by atoms with Crippen LogP contribution in [0.3, 0.4) is 0 Å². The smallest absolute Gasteiger partial charge is 0.407 e. The molecule has 1 aliphatic heterocycles. The van der Waals surface area contributed by atoms with Crippen LogP contribution >= 0.6 is 0 Å². The maximum atomic E-state index is 13.5. The SMILES string of the molecule is CC(C)(C)OC(=O)c1c(N2CCCC2)cc2cc(F)ccc2[n+]1[O-]. The summed E-state index contributed by atoms with van der Waals surface area (Å²) < 4.78 is 19.5. The van der Waals surface area contributed by atoms with Gasteiger partial charge >= 0.3 is 11.7 Å². The molecule has 0 atom stereocenters. The van der Waals surface area contributed by atoms with Gasteiger partial charge in [-0.15, -0.1) is 0 Å². The minimum Gasteiger partial charge on any atom is -0.618 e. The van der Waals surface area contributed by atoms with Crippen molar-refractivity contribution in [3.05, 3.63) is 41.0 Å². The average Bonchev–Trinajstić information content (AvgIpc) is 2.98. The predicted molar refractivity (Wildman–Crippen MR) is 89.5 cm³/mol. The molecule has 24 heavy (non-hydrogen) atoms. The first-order valence-electron chi connectivity index (χ1n) is 8.10. The third kappa shape index (κ3) is 3.13. The monoisotopic (exact) mass is 332 g/mol. The molecule has 0 N–H and O–H groups in total. The Morgan fingerprint density at radius 3 is 2.54 bits per heavy atom. The van der Waals surface area contributed by atoms with Gasteiger partial charge in [0.2, 0.25) is 5.52 Å². The maximum absolute atomic E-state index is 13.5. The van der Waals surface area contributed by atoms with Gasteiger partial charge in [0, 0.05) is 19.2 Å². The Kier molecular flexibility index (Phi) is 4.07. The highest BCUT2D eigenvalue weighted by Crippen LogP contribution is 2.28. The highest BCUT2D eigenvalue weighted by Gasteiger charge is 2.32. The molecule has 6 heteroatoms. The Balaban J connectivity index is 2.20. The molecular weight excluding hydrogens is 311 g/mol. The summed E-state index contributed by atoms with van der Waals surface area (Å²) in [7, 11) is 0. The Bertz CT molecular complexity index is 793. The first kappa shape index (κ1) is 16.5. The molecule has 2 aromatic rings. The molecule has 1 aliphatic rings. The molecule has 1 aromatic heterocycles. The van der Waals surface area contributed by atoms with Gasteiger partial charge < -0.3 is 14.8 Å². The van der Waals surface area contributed by atoms with Crippen LogP contribution in [0.4, 0.5) is 10.1 Å². The number of rotatable bonds is 2. The number of anilines is 1. The molecule has 1 fully saturated rings. The number of aromatic nitrogens is 1. The van der Waals surface area contributed by atoms with Crippen LogP contribution in [-0.2, 0) is 4.74 Å². The van der Waals surface area contributed by atoms with Crippen LogP contribution in [-0.4, -0.2) is 24.7 Å². The van der Waals surface area contributed by atoms with Crippen molar-refractivity contribution < 1.29 is 18.7 Å². The molecule has 0 radical (unpaired) electrons. The minimum atomic E-state index is -0.704. The lowest BCUT2D eigenvalue weighted by molar-refractivity contribution is -0.579. The Hall–Kier alpha value is -2.37. The van der Waals surface area contributed by atoms with Crippen molar-refractivity contribution in [2.75, 3.05) is 18.0 Å². The molecule has 5 nitrogen and oxygen atoms in total. The Labute approximate surface area is 140 Å². The van der Waals surface area contributed by atoms with Crippen LogP contribution < -0.4 is 9.63 Å². The predicted octanol–water partition coefficient (Wildman–Crippen LogP) is 3.17. The summed E-state index contributed by atoms with van der Waals surface area (Å²) in [6.07, 6.45) is 1.99. The molecule has 0 amide bonds. The summed E-state index contributed by atoms with van der Waals surface area (Å²) in [6.45, 7) is 6.79. The summed E-state index contributed by atoms with van der Waals surface area (Å²) in [5.41, 5.74) is 0.0189. The molecule has 0 aliphatic carbocycles. The number of hydrogen-bond acceptors (Lipinski definition) is 4. The Morgan fingerprint density at radius 2 is 1.92 bits per heavy atom. The maximum Gasteiger partial charge on any atom is 0.407 e. The molecule has 1 saturated heterocycles. The minimum absolute atomic E-state index is 0.0362. The van der Waals surface area contributed by atoms with Crippen LogP contribution in [0.15, 0.2) is 24.3 Å². The molecule has 0 bridgehead atoms. The van der Waals surface area contributed by atoms with E-state index in [1.54, 1.807) is 26.8 Å². The molecule has 0 unspecified atom stereocenters. The molecular formula is C18H21FN2O3. The van der Waals surface area contributed by atoms with Gasteiger partial charge in [-0.05, 0) is 51.8 Å². The van der Waals surface area contributed by atoms with Crippen LogP contribution in [0.5, 0.6) is 0 Å². The van der Waals surface area contributed by atoms with Crippen molar-refractivity contribution in [3.63, 3.8) is 0 Å². The van der Waals surface area contributed by atoms with Crippen LogP contribution in [0.1, 0.15) is 44.1 Å². The number of esters is 1. The van der Waals surface area contributed by atoms with Crippen molar-refractivity contribution in [1.82, 2.24) is 0 Å². The molecule has 0 saturated carbocycles. The van der Waals surface area contributed by atoms with Gasteiger partial charge in [0.15, 0.2) is 0 Å². The molecule has 128 valence electrons. The number of carbonyl (C=O) groups is 1. The van der Waals surface area contributed by atoms with E-state index in [0.29, 0.717) is 15.8 Å². The second-order valence-corrected chi connectivity index (χ2v) is 7.07. The zero-order chi connectivity index (χ0) is 17.5. The fourth-order valence-electron chi connectivity index (χ4n) is 2.98. The third-order valence-corrected chi connectivity index (χ3v) is 3.99. The highest BCUT2D eigenvalue weighted by molar-refractivity contribution is 5.95. The number of carbonyl (C=O) groups excluding carboxylic acids is 1. The van der Waals surface area contributed by atoms with E-state index in [0.717, 1.165) is 25.9 Å². The van der Waals surface area contributed by atoms with E-state index in [9.17, 15) is 14.4 Å². The number of halogens is 1. The summed E-state index contributed by atoms with van der Waals surface area (Å²) in [5, 5.41) is 13.3. The normalized spacial score (nSPS) is 15.1. The third-order valence-electron chi connectivity index (χ3n) is 3.99. The first-order chi connectivity index (χ1) is 11.3. The van der Waals surface area contributed by atoms with Gasteiger partial charge in [0.1, 0.15) is 17.1 Å². The van der Waals surface area contributed by atoms with Crippen LogP contribution in [0.2, 0.25) is 0 Å². The fourth-order valence-corrected chi connectivity index (χ4v) is 2.98. The first-order valence-corrected chi connectivity index (χ1v) is 8.10. The number of nitrogens with zero attached hydrogens (tertiary/aromatic N) is 2. The van der Waals surface area contributed by atoms with Crippen LogP contribution in [0.25, 0.3) is 10.9 Å². The quantitative estimate of drug-likeness (QED) is 0.481. The van der Waals surface area contributed by atoms with Gasteiger partial charge in [0.25, 0.3) is 0 Å². The molecule has 2 heterocycles. The summed E-state index contributed by atoms with van der Waals surface area (Å²) in [6, 6.07) is 5.62. The summed E-state index contributed by atoms with van der Waals surface area (Å²) >= 11 is 0. The number of hydrogen-bond donors (Lipinski definition) is 0. The standard InChI is InChI=1S/C18H21FN2O3/c1-18(2,3)24-17(22)16-15(20-8-4-5-9-20)11-12-10-13(19)6-7-14(12)21(16)23/h6-7,10-11H,4-5,8-9H2,1-3H3. The zero-order valence-electron chi connectivity index (χ0n) is 14.1. The van der Waals surface area contributed by atoms with Crippen LogP contribution in [0, 0.1) is 11.0 Å². The highest BCUT2D eigenvalue weighted by atomic mass is 19.1.